The van der Waals surface area contributed by atoms with Gasteiger partial charge in [-0.05, 0) is 24.6 Å². The molecule has 1 aromatic carbocycles. The Morgan fingerprint density at radius 1 is 1.47 bits per heavy atom. The number of nitrogens with one attached hydrogen (secondary N) is 2. The summed E-state index contributed by atoms with van der Waals surface area (Å²) in [7, 11) is 0. The van der Waals surface area contributed by atoms with Gasteiger partial charge in [0.15, 0.2) is 0 Å². The van der Waals surface area contributed by atoms with Crippen LogP contribution in [0, 0.1) is 12.7 Å². The van der Waals surface area contributed by atoms with E-state index in [1.54, 1.807) is 25.5 Å². The van der Waals surface area contributed by atoms with Crippen LogP contribution in [-0.2, 0) is 6.54 Å². The third-order valence-corrected chi connectivity index (χ3v) is 2.21. The molecule has 1 aromatic heterocycles. The summed E-state index contributed by atoms with van der Waals surface area (Å²) in [6, 6.07) is 5.10. The average Bonchev–Trinajstić information content (AvgIpc) is 2.73. The highest BCUT2D eigenvalue weighted by atomic mass is 19.1. The molecule has 0 aliphatic rings. The molecule has 0 atom stereocenters. The van der Waals surface area contributed by atoms with Crippen molar-refractivity contribution in [3.05, 3.63) is 47.8 Å². The van der Waals surface area contributed by atoms with Crippen molar-refractivity contribution in [1.29, 1.82) is 0 Å². The molecular weight excluding hydrogens is 193 g/mol. The smallest absolute Gasteiger partial charge is 0.128 e. The first kappa shape index (κ1) is 9.71. The summed E-state index contributed by atoms with van der Waals surface area (Å²) >= 11 is 0. The predicted octanol–water partition coefficient (Wildman–Crippen LogP) is 2.47. The monoisotopic (exact) mass is 205 g/mol. The van der Waals surface area contributed by atoms with Gasteiger partial charge < -0.3 is 10.3 Å². The standard InChI is InChI=1S/C11H12FN3/c1-8-2-3-9(4-11(8)12)14-6-10-5-13-7-15-10/h2-5,7,14H,6H2,1H3,(H,13,15). The fraction of sp³-hybridized carbons (Fsp3) is 0.182. The number of aryl methyl sites for hydroxylation is 1. The molecule has 0 aliphatic carbocycles. The van der Waals surface area contributed by atoms with Crippen LogP contribution >= 0.6 is 0 Å². The maximum atomic E-state index is 13.2. The number of aromatic nitrogens is 2. The maximum absolute atomic E-state index is 13.2. The van der Waals surface area contributed by atoms with Crippen LogP contribution in [0.2, 0.25) is 0 Å². The summed E-state index contributed by atoms with van der Waals surface area (Å²) in [5, 5.41) is 3.10. The number of aromatic amines is 1. The predicted molar refractivity (Wildman–Crippen MR) is 57.1 cm³/mol. The Hall–Kier alpha value is -1.84. The van der Waals surface area contributed by atoms with Gasteiger partial charge in [-0.3, -0.25) is 0 Å². The van der Waals surface area contributed by atoms with E-state index in [2.05, 4.69) is 15.3 Å². The highest BCUT2D eigenvalue weighted by Gasteiger charge is 1.99. The zero-order chi connectivity index (χ0) is 10.7. The van der Waals surface area contributed by atoms with Crippen LogP contribution in [0.4, 0.5) is 10.1 Å². The van der Waals surface area contributed by atoms with Crippen molar-refractivity contribution in [2.75, 3.05) is 5.32 Å². The van der Waals surface area contributed by atoms with Crippen molar-refractivity contribution >= 4 is 5.69 Å². The van der Waals surface area contributed by atoms with Gasteiger partial charge >= 0.3 is 0 Å². The number of hydrogen-bond donors (Lipinski definition) is 2. The molecule has 0 radical (unpaired) electrons. The molecule has 0 fully saturated rings. The Balaban J connectivity index is 2.02. The van der Waals surface area contributed by atoms with Gasteiger partial charge in [0.05, 0.1) is 18.6 Å². The Labute approximate surface area is 87.4 Å². The van der Waals surface area contributed by atoms with Crippen LogP contribution < -0.4 is 5.32 Å². The first-order valence-electron chi connectivity index (χ1n) is 4.73. The Morgan fingerprint density at radius 2 is 2.33 bits per heavy atom. The van der Waals surface area contributed by atoms with Gasteiger partial charge in [0, 0.05) is 11.9 Å². The third kappa shape index (κ3) is 2.34. The zero-order valence-electron chi connectivity index (χ0n) is 8.42. The van der Waals surface area contributed by atoms with Crippen molar-refractivity contribution in [1.82, 2.24) is 9.97 Å². The Morgan fingerprint density at radius 3 is 3.00 bits per heavy atom. The molecule has 0 spiro atoms. The van der Waals surface area contributed by atoms with Crippen LogP contribution in [-0.4, -0.2) is 9.97 Å². The molecule has 2 N–H and O–H groups in total. The lowest BCUT2D eigenvalue weighted by atomic mass is 10.2. The number of H-pyrrole nitrogens is 1. The van der Waals surface area contributed by atoms with Gasteiger partial charge in [-0.1, -0.05) is 6.07 Å². The van der Waals surface area contributed by atoms with E-state index in [1.165, 1.54) is 6.07 Å². The van der Waals surface area contributed by atoms with E-state index in [4.69, 9.17) is 0 Å². The Kier molecular flexibility index (Phi) is 2.67. The Bertz CT molecular complexity index is 437. The van der Waals surface area contributed by atoms with Crippen LogP contribution in [0.5, 0.6) is 0 Å². The number of benzene rings is 1. The molecule has 2 rings (SSSR count). The summed E-state index contributed by atoms with van der Waals surface area (Å²) in [6.45, 7) is 2.36. The lowest BCUT2D eigenvalue weighted by molar-refractivity contribution is 0.619. The fourth-order valence-corrected chi connectivity index (χ4v) is 1.28. The second-order valence-electron chi connectivity index (χ2n) is 3.39. The van der Waals surface area contributed by atoms with Crippen LogP contribution in [0.15, 0.2) is 30.7 Å². The van der Waals surface area contributed by atoms with Gasteiger partial charge in [0.25, 0.3) is 0 Å². The number of imidazole rings is 1. The molecule has 0 unspecified atom stereocenters. The highest BCUT2D eigenvalue weighted by Crippen LogP contribution is 2.13. The number of halogens is 1. The number of rotatable bonds is 3. The van der Waals surface area contributed by atoms with E-state index >= 15 is 0 Å². The van der Waals surface area contributed by atoms with Crippen LogP contribution in [0.3, 0.4) is 0 Å². The summed E-state index contributed by atoms with van der Waals surface area (Å²) in [5.41, 5.74) is 2.39. The van der Waals surface area contributed by atoms with Crippen LogP contribution in [0.1, 0.15) is 11.3 Å². The van der Waals surface area contributed by atoms with Crippen molar-refractivity contribution < 1.29 is 4.39 Å². The fourth-order valence-electron chi connectivity index (χ4n) is 1.28. The van der Waals surface area contributed by atoms with Gasteiger partial charge in [-0.25, -0.2) is 9.37 Å². The molecule has 15 heavy (non-hydrogen) atoms. The second kappa shape index (κ2) is 4.13. The minimum Gasteiger partial charge on any atom is -0.379 e. The van der Waals surface area contributed by atoms with E-state index in [9.17, 15) is 4.39 Å². The van der Waals surface area contributed by atoms with Crippen LogP contribution in [0.25, 0.3) is 0 Å². The minimum atomic E-state index is -0.190. The van der Waals surface area contributed by atoms with E-state index in [0.717, 1.165) is 11.4 Å². The van der Waals surface area contributed by atoms with Gasteiger partial charge in [0.2, 0.25) is 0 Å². The van der Waals surface area contributed by atoms with Gasteiger partial charge in [-0.2, -0.15) is 0 Å². The largest absolute Gasteiger partial charge is 0.379 e. The summed E-state index contributed by atoms with van der Waals surface area (Å²) < 4.78 is 13.2. The van der Waals surface area contributed by atoms with E-state index < -0.39 is 0 Å². The molecule has 0 saturated heterocycles. The van der Waals surface area contributed by atoms with Gasteiger partial charge in [-0.15, -0.1) is 0 Å². The molecule has 4 heteroatoms. The summed E-state index contributed by atoms with van der Waals surface area (Å²) in [6.07, 6.45) is 3.35. The molecule has 0 saturated carbocycles. The number of nitrogens with zero attached hydrogens (tertiary/aromatic N) is 1. The molecule has 2 aromatic rings. The van der Waals surface area contributed by atoms with E-state index in [-0.39, 0.29) is 5.82 Å². The second-order valence-corrected chi connectivity index (χ2v) is 3.39. The average molecular weight is 205 g/mol. The normalized spacial score (nSPS) is 10.3. The first-order chi connectivity index (χ1) is 7.25. The van der Waals surface area contributed by atoms with Crippen molar-refractivity contribution in [3.8, 4) is 0 Å². The number of anilines is 1. The molecule has 0 amide bonds. The van der Waals surface area contributed by atoms with E-state index in [0.29, 0.717) is 12.1 Å². The highest BCUT2D eigenvalue weighted by molar-refractivity contribution is 5.45. The lowest BCUT2D eigenvalue weighted by Gasteiger charge is -2.05. The molecule has 1 heterocycles. The molecule has 78 valence electrons. The van der Waals surface area contributed by atoms with E-state index in [1.807, 2.05) is 6.07 Å². The zero-order valence-corrected chi connectivity index (χ0v) is 8.42. The molecule has 0 bridgehead atoms. The van der Waals surface area contributed by atoms with Crippen molar-refractivity contribution in [2.24, 2.45) is 0 Å². The topological polar surface area (TPSA) is 40.7 Å². The summed E-state index contributed by atoms with van der Waals surface area (Å²) in [4.78, 5) is 6.86. The lowest BCUT2D eigenvalue weighted by Crippen LogP contribution is -2.00. The first-order valence-corrected chi connectivity index (χ1v) is 4.73. The molecule has 3 nitrogen and oxygen atoms in total. The molecule has 0 aliphatic heterocycles. The van der Waals surface area contributed by atoms with Crippen molar-refractivity contribution in [3.63, 3.8) is 0 Å². The van der Waals surface area contributed by atoms with Gasteiger partial charge in [0.1, 0.15) is 5.82 Å². The van der Waals surface area contributed by atoms with Crippen molar-refractivity contribution in [2.45, 2.75) is 13.5 Å². The quantitative estimate of drug-likeness (QED) is 0.808. The number of hydrogen-bond acceptors (Lipinski definition) is 2. The maximum Gasteiger partial charge on any atom is 0.128 e. The summed E-state index contributed by atoms with van der Waals surface area (Å²) in [5.74, 6) is -0.190. The third-order valence-electron chi connectivity index (χ3n) is 2.21. The molecular formula is C11H12FN3. The minimum absolute atomic E-state index is 0.190. The SMILES string of the molecule is Cc1ccc(NCc2cnc[nH]2)cc1F.